The smallest absolute Gasteiger partial charge is 0.325 e. The molecular formula is C16H14ClNO4S. The highest BCUT2D eigenvalue weighted by atomic mass is 35.5. The minimum absolute atomic E-state index is 0.0607. The molecule has 0 radical (unpaired) electrons. The van der Waals surface area contributed by atoms with Gasteiger partial charge >= 0.3 is 5.97 Å². The largest absolute Gasteiger partial charge is 0.480 e. The number of carbonyl (C=O) groups is 1. The monoisotopic (exact) mass is 351 g/mol. The molecule has 3 atom stereocenters. The van der Waals surface area contributed by atoms with E-state index in [-0.39, 0.29) is 4.90 Å². The summed E-state index contributed by atoms with van der Waals surface area (Å²) >= 11 is 5.93. The molecule has 0 amide bonds. The molecule has 0 unspecified atom stereocenters. The third-order valence-electron chi connectivity index (χ3n) is 4.16. The molecule has 3 N–H and O–H groups in total. The van der Waals surface area contributed by atoms with Crippen molar-refractivity contribution < 1.29 is 18.3 Å². The molecule has 3 rings (SSSR count). The Morgan fingerprint density at radius 3 is 2.35 bits per heavy atom. The van der Waals surface area contributed by atoms with Crippen LogP contribution in [0.25, 0.3) is 0 Å². The molecule has 2 aromatic carbocycles. The Morgan fingerprint density at radius 2 is 1.78 bits per heavy atom. The van der Waals surface area contributed by atoms with Gasteiger partial charge in [-0.2, -0.15) is 0 Å². The van der Waals surface area contributed by atoms with Gasteiger partial charge in [0.05, 0.1) is 4.90 Å². The summed E-state index contributed by atoms with van der Waals surface area (Å²) in [4.78, 5) is 11.7. The average Bonchev–Trinajstić information content (AvgIpc) is 3.17. The molecule has 23 heavy (non-hydrogen) atoms. The van der Waals surface area contributed by atoms with Crippen LogP contribution in [0, 0.1) is 0 Å². The van der Waals surface area contributed by atoms with E-state index < -0.39 is 32.5 Å². The van der Waals surface area contributed by atoms with Gasteiger partial charge in [0.15, 0.2) is 9.84 Å². The van der Waals surface area contributed by atoms with Crippen LogP contribution in [0.3, 0.4) is 0 Å². The Bertz CT molecular complexity index is 869. The minimum Gasteiger partial charge on any atom is -0.480 e. The van der Waals surface area contributed by atoms with E-state index in [9.17, 15) is 18.3 Å². The SMILES string of the molecule is N[C@@]1(C(=O)O)[C@H](S(=O)(=O)c2ccccc2)[C@@H]1c1cccc(Cl)c1. The fourth-order valence-corrected chi connectivity index (χ4v) is 5.42. The van der Waals surface area contributed by atoms with Crippen molar-refractivity contribution in [2.45, 2.75) is 21.6 Å². The van der Waals surface area contributed by atoms with Crippen LogP contribution < -0.4 is 5.73 Å². The van der Waals surface area contributed by atoms with Crippen LogP contribution in [0.1, 0.15) is 11.5 Å². The van der Waals surface area contributed by atoms with Gasteiger partial charge < -0.3 is 10.8 Å². The molecule has 7 heteroatoms. The quantitative estimate of drug-likeness (QED) is 0.878. The standard InChI is InChI=1S/C16H14ClNO4S/c17-11-6-4-5-10(9-11)13-14(16(13,18)15(19)20)23(21,22)12-7-2-1-3-8-12/h1-9,13-14H,18H2,(H,19,20)/t13-,14+,16+/m0/s1. The summed E-state index contributed by atoms with van der Waals surface area (Å²) in [6, 6.07) is 14.2. The summed E-state index contributed by atoms with van der Waals surface area (Å²) in [5.74, 6) is -2.18. The molecule has 2 aromatic rings. The van der Waals surface area contributed by atoms with Crippen LogP contribution in [-0.4, -0.2) is 30.3 Å². The van der Waals surface area contributed by atoms with Crippen molar-refractivity contribution in [2.24, 2.45) is 5.73 Å². The van der Waals surface area contributed by atoms with Crippen LogP contribution in [0.15, 0.2) is 59.5 Å². The fraction of sp³-hybridized carbons (Fsp3) is 0.188. The van der Waals surface area contributed by atoms with E-state index in [4.69, 9.17) is 17.3 Å². The highest BCUT2D eigenvalue weighted by Gasteiger charge is 2.74. The minimum atomic E-state index is -3.88. The van der Waals surface area contributed by atoms with Crippen molar-refractivity contribution in [1.29, 1.82) is 0 Å². The van der Waals surface area contributed by atoms with E-state index in [2.05, 4.69) is 0 Å². The number of halogens is 1. The zero-order chi connectivity index (χ0) is 16.8. The van der Waals surface area contributed by atoms with Crippen molar-refractivity contribution in [3.8, 4) is 0 Å². The van der Waals surface area contributed by atoms with E-state index in [0.717, 1.165) is 0 Å². The zero-order valence-electron chi connectivity index (χ0n) is 11.9. The number of carboxylic acid groups (broad SMARTS) is 1. The van der Waals surface area contributed by atoms with Gasteiger partial charge in [-0.05, 0) is 29.8 Å². The lowest BCUT2D eigenvalue weighted by Crippen LogP contribution is -2.39. The zero-order valence-corrected chi connectivity index (χ0v) is 13.5. The average molecular weight is 352 g/mol. The van der Waals surface area contributed by atoms with E-state index in [1.54, 1.807) is 42.5 Å². The number of sulfone groups is 1. The molecule has 1 aliphatic carbocycles. The van der Waals surface area contributed by atoms with E-state index in [1.807, 2.05) is 0 Å². The van der Waals surface area contributed by atoms with Gasteiger partial charge in [0, 0.05) is 10.9 Å². The molecule has 0 aliphatic heterocycles. The Kier molecular flexibility index (Phi) is 3.71. The molecule has 0 bridgehead atoms. The van der Waals surface area contributed by atoms with E-state index in [1.165, 1.54) is 12.1 Å². The molecule has 1 fully saturated rings. The van der Waals surface area contributed by atoms with E-state index in [0.29, 0.717) is 10.6 Å². The van der Waals surface area contributed by atoms with Gasteiger partial charge in [-0.1, -0.05) is 41.9 Å². The van der Waals surface area contributed by atoms with Crippen LogP contribution >= 0.6 is 11.6 Å². The number of hydrogen-bond donors (Lipinski definition) is 2. The number of aliphatic carboxylic acids is 1. The van der Waals surface area contributed by atoms with Gasteiger partial charge in [0.1, 0.15) is 10.8 Å². The summed E-state index contributed by atoms with van der Waals surface area (Å²) < 4.78 is 25.6. The van der Waals surface area contributed by atoms with Gasteiger partial charge in [-0.3, -0.25) is 4.79 Å². The molecule has 1 aliphatic rings. The maximum absolute atomic E-state index is 12.8. The summed E-state index contributed by atoms with van der Waals surface area (Å²) in [6.07, 6.45) is 0. The van der Waals surface area contributed by atoms with Crippen molar-refractivity contribution in [3.63, 3.8) is 0 Å². The Labute approximate surface area is 138 Å². The lowest BCUT2D eigenvalue weighted by Gasteiger charge is -2.06. The van der Waals surface area contributed by atoms with Crippen LogP contribution in [0.2, 0.25) is 5.02 Å². The fourth-order valence-electron chi connectivity index (χ4n) is 2.97. The van der Waals surface area contributed by atoms with Gasteiger partial charge in [-0.25, -0.2) is 8.42 Å². The number of carboxylic acids is 1. The highest BCUT2D eigenvalue weighted by Crippen LogP contribution is 2.56. The lowest BCUT2D eigenvalue weighted by atomic mass is 10.1. The van der Waals surface area contributed by atoms with Crippen LogP contribution in [-0.2, 0) is 14.6 Å². The number of nitrogens with two attached hydrogens (primary N) is 1. The number of benzene rings is 2. The Morgan fingerprint density at radius 1 is 1.13 bits per heavy atom. The normalized spacial score (nSPS) is 26.7. The summed E-state index contributed by atoms with van der Waals surface area (Å²) in [5.41, 5.74) is 4.61. The Balaban J connectivity index is 2.09. The summed E-state index contributed by atoms with van der Waals surface area (Å²) in [6.45, 7) is 0. The second kappa shape index (κ2) is 5.33. The van der Waals surface area contributed by atoms with Crippen molar-refractivity contribution >= 4 is 27.4 Å². The third kappa shape index (κ3) is 2.43. The predicted octanol–water partition coefficient (Wildman–Crippen LogP) is 2.06. The highest BCUT2D eigenvalue weighted by molar-refractivity contribution is 7.92. The van der Waals surface area contributed by atoms with Crippen LogP contribution in [0.4, 0.5) is 0 Å². The van der Waals surface area contributed by atoms with Crippen molar-refractivity contribution in [3.05, 3.63) is 65.2 Å². The topological polar surface area (TPSA) is 97.5 Å². The lowest BCUT2D eigenvalue weighted by molar-refractivity contribution is -0.139. The number of hydrogen-bond acceptors (Lipinski definition) is 4. The molecule has 0 saturated heterocycles. The molecule has 1 saturated carbocycles. The predicted molar refractivity (Wildman–Crippen MR) is 86.2 cm³/mol. The first-order valence-corrected chi connectivity index (χ1v) is 8.78. The second-order valence-corrected chi connectivity index (χ2v) is 8.06. The summed E-state index contributed by atoms with van der Waals surface area (Å²) in [5, 5.41) is 8.64. The summed E-state index contributed by atoms with van der Waals surface area (Å²) in [7, 11) is -3.88. The Hall–Kier alpha value is -1.89. The maximum atomic E-state index is 12.8. The molecule has 5 nitrogen and oxygen atoms in total. The van der Waals surface area contributed by atoms with Gasteiger partial charge in [-0.15, -0.1) is 0 Å². The molecule has 0 heterocycles. The first-order valence-electron chi connectivity index (χ1n) is 6.86. The first-order chi connectivity index (χ1) is 10.8. The second-order valence-electron chi connectivity index (χ2n) is 5.55. The molecule has 0 aromatic heterocycles. The van der Waals surface area contributed by atoms with Crippen molar-refractivity contribution in [2.75, 3.05) is 0 Å². The molecule has 120 valence electrons. The molecular weight excluding hydrogens is 338 g/mol. The van der Waals surface area contributed by atoms with Gasteiger partial charge in [0.2, 0.25) is 0 Å². The van der Waals surface area contributed by atoms with E-state index >= 15 is 0 Å². The molecule has 0 spiro atoms. The van der Waals surface area contributed by atoms with Gasteiger partial charge in [0.25, 0.3) is 0 Å². The maximum Gasteiger partial charge on any atom is 0.325 e. The number of rotatable bonds is 4. The van der Waals surface area contributed by atoms with Crippen molar-refractivity contribution in [1.82, 2.24) is 0 Å². The third-order valence-corrected chi connectivity index (χ3v) is 6.66. The first kappa shape index (κ1) is 16.0. The van der Waals surface area contributed by atoms with Crippen LogP contribution in [0.5, 0.6) is 0 Å².